The predicted octanol–water partition coefficient (Wildman–Crippen LogP) is 1.08. The van der Waals surface area contributed by atoms with Crippen LogP contribution >= 0.6 is 0 Å². The number of hydrogen-bond donors (Lipinski definition) is 1. The lowest BCUT2D eigenvalue weighted by Gasteiger charge is -2.35. The molecule has 1 fully saturated rings. The maximum absolute atomic E-state index is 12.3. The average Bonchev–Trinajstić information content (AvgIpc) is 2.94. The van der Waals surface area contributed by atoms with Crippen molar-refractivity contribution in [2.45, 2.75) is 6.92 Å². The van der Waals surface area contributed by atoms with Crippen LogP contribution in [-0.4, -0.2) is 51.9 Å². The molecular formula is C14H17N5O. The number of aromatic amines is 1. The first-order valence-corrected chi connectivity index (χ1v) is 6.71. The molecule has 0 aromatic carbocycles. The quantitative estimate of drug-likeness (QED) is 0.887. The summed E-state index contributed by atoms with van der Waals surface area (Å²) in [5.74, 6) is 1.75. The van der Waals surface area contributed by atoms with Crippen LogP contribution < -0.4 is 4.90 Å². The van der Waals surface area contributed by atoms with Crippen LogP contribution in [0.15, 0.2) is 30.6 Å². The fourth-order valence-electron chi connectivity index (χ4n) is 2.38. The predicted molar refractivity (Wildman–Crippen MR) is 75.7 cm³/mol. The van der Waals surface area contributed by atoms with E-state index in [1.54, 1.807) is 12.4 Å². The molecule has 2 aromatic rings. The van der Waals surface area contributed by atoms with E-state index < -0.39 is 0 Å². The molecule has 0 atom stereocenters. The van der Waals surface area contributed by atoms with Crippen molar-refractivity contribution in [3.63, 3.8) is 0 Å². The lowest BCUT2D eigenvalue weighted by atomic mass is 10.2. The van der Waals surface area contributed by atoms with Crippen molar-refractivity contribution in [3.05, 3.63) is 42.1 Å². The number of nitrogens with zero attached hydrogens (tertiary/aromatic N) is 4. The Hall–Kier alpha value is -2.37. The largest absolute Gasteiger partial charge is 0.353 e. The second kappa shape index (κ2) is 5.32. The Balaban J connectivity index is 1.63. The highest BCUT2D eigenvalue weighted by atomic mass is 16.2. The molecule has 0 aliphatic carbocycles. The van der Waals surface area contributed by atoms with Gasteiger partial charge in [-0.2, -0.15) is 0 Å². The number of carbonyl (C=O) groups is 1. The number of aromatic nitrogens is 3. The van der Waals surface area contributed by atoms with Crippen molar-refractivity contribution in [1.29, 1.82) is 0 Å². The number of piperazine rings is 1. The molecule has 0 spiro atoms. The van der Waals surface area contributed by atoms with Gasteiger partial charge in [-0.25, -0.2) is 9.97 Å². The van der Waals surface area contributed by atoms with E-state index in [1.165, 1.54) is 0 Å². The molecule has 104 valence electrons. The highest BCUT2D eigenvalue weighted by Gasteiger charge is 2.23. The summed E-state index contributed by atoms with van der Waals surface area (Å²) < 4.78 is 0. The molecule has 1 amide bonds. The van der Waals surface area contributed by atoms with Crippen molar-refractivity contribution < 1.29 is 4.79 Å². The minimum absolute atomic E-state index is 0.0197. The average molecular weight is 271 g/mol. The summed E-state index contributed by atoms with van der Waals surface area (Å²) in [7, 11) is 0. The van der Waals surface area contributed by atoms with Crippen molar-refractivity contribution in [3.8, 4) is 0 Å². The second-order valence-electron chi connectivity index (χ2n) is 4.85. The van der Waals surface area contributed by atoms with E-state index in [0.717, 1.165) is 24.7 Å². The Kier molecular flexibility index (Phi) is 3.37. The first kappa shape index (κ1) is 12.7. The van der Waals surface area contributed by atoms with Crippen molar-refractivity contribution in [2.75, 3.05) is 31.1 Å². The SMILES string of the molecule is Cc1ncc(C(=O)N2CCN(c3ccccn3)CC2)[nH]1. The van der Waals surface area contributed by atoms with Gasteiger partial charge in [0.25, 0.3) is 5.91 Å². The van der Waals surface area contributed by atoms with Gasteiger partial charge < -0.3 is 14.8 Å². The fraction of sp³-hybridized carbons (Fsp3) is 0.357. The Morgan fingerprint density at radius 1 is 1.20 bits per heavy atom. The van der Waals surface area contributed by atoms with Crippen LogP contribution in [-0.2, 0) is 0 Å². The van der Waals surface area contributed by atoms with Gasteiger partial charge in [0.2, 0.25) is 0 Å². The smallest absolute Gasteiger partial charge is 0.272 e. The van der Waals surface area contributed by atoms with Crippen LogP contribution in [0.3, 0.4) is 0 Å². The minimum Gasteiger partial charge on any atom is -0.353 e. The lowest BCUT2D eigenvalue weighted by Crippen LogP contribution is -2.49. The summed E-state index contributed by atoms with van der Waals surface area (Å²) in [4.78, 5) is 27.7. The van der Waals surface area contributed by atoms with E-state index in [4.69, 9.17) is 0 Å². The molecule has 1 aliphatic rings. The molecule has 0 unspecified atom stereocenters. The van der Waals surface area contributed by atoms with Crippen LogP contribution in [0.25, 0.3) is 0 Å². The first-order valence-electron chi connectivity index (χ1n) is 6.71. The Bertz CT molecular complexity index is 587. The van der Waals surface area contributed by atoms with E-state index in [2.05, 4.69) is 19.9 Å². The van der Waals surface area contributed by atoms with Crippen molar-refractivity contribution in [1.82, 2.24) is 19.9 Å². The van der Waals surface area contributed by atoms with Gasteiger partial charge in [0.05, 0.1) is 6.20 Å². The van der Waals surface area contributed by atoms with Crippen LogP contribution in [0.2, 0.25) is 0 Å². The lowest BCUT2D eigenvalue weighted by molar-refractivity contribution is 0.0741. The summed E-state index contributed by atoms with van der Waals surface area (Å²) >= 11 is 0. The number of imidazole rings is 1. The maximum atomic E-state index is 12.3. The third kappa shape index (κ3) is 2.49. The minimum atomic E-state index is 0.0197. The molecule has 20 heavy (non-hydrogen) atoms. The Morgan fingerprint density at radius 2 is 2.00 bits per heavy atom. The number of hydrogen-bond acceptors (Lipinski definition) is 4. The third-order valence-electron chi connectivity index (χ3n) is 3.47. The number of amides is 1. The molecule has 0 radical (unpaired) electrons. The number of pyridine rings is 1. The number of carbonyl (C=O) groups excluding carboxylic acids is 1. The molecular weight excluding hydrogens is 254 g/mol. The number of rotatable bonds is 2. The molecule has 3 heterocycles. The van der Waals surface area contributed by atoms with Gasteiger partial charge in [-0.3, -0.25) is 4.79 Å². The topological polar surface area (TPSA) is 65.1 Å². The summed E-state index contributed by atoms with van der Waals surface area (Å²) in [6, 6.07) is 5.88. The van der Waals surface area contributed by atoms with Crippen LogP contribution in [0.5, 0.6) is 0 Å². The van der Waals surface area contributed by atoms with Crippen LogP contribution in [0, 0.1) is 6.92 Å². The van der Waals surface area contributed by atoms with Gasteiger partial charge >= 0.3 is 0 Å². The summed E-state index contributed by atoms with van der Waals surface area (Å²) in [5, 5.41) is 0. The molecule has 0 bridgehead atoms. The van der Waals surface area contributed by atoms with Gasteiger partial charge in [0.15, 0.2) is 0 Å². The maximum Gasteiger partial charge on any atom is 0.272 e. The van der Waals surface area contributed by atoms with Gasteiger partial charge in [-0.15, -0.1) is 0 Å². The number of H-pyrrole nitrogens is 1. The van der Waals surface area contributed by atoms with Gasteiger partial charge in [0.1, 0.15) is 17.3 Å². The molecule has 1 saturated heterocycles. The fourth-order valence-corrected chi connectivity index (χ4v) is 2.38. The number of anilines is 1. The van der Waals surface area contributed by atoms with Crippen molar-refractivity contribution in [2.24, 2.45) is 0 Å². The zero-order valence-corrected chi connectivity index (χ0v) is 11.4. The normalized spacial score (nSPS) is 15.4. The van der Waals surface area contributed by atoms with Gasteiger partial charge in [-0.1, -0.05) is 6.07 Å². The van der Waals surface area contributed by atoms with Crippen molar-refractivity contribution >= 4 is 11.7 Å². The molecule has 3 rings (SSSR count). The zero-order valence-electron chi connectivity index (χ0n) is 11.4. The van der Waals surface area contributed by atoms with E-state index in [1.807, 2.05) is 30.0 Å². The van der Waals surface area contributed by atoms with E-state index in [0.29, 0.717) is 18.8 Å². The number of aryl methyl sites for hydroxylation is 1. The zero-order chi connectivity index (χ0) is 13.9. The van der Waals surface area contributed by atoms with E-state index in [9.17, 15) is 4.79 Å². The highest BCUT2D eigenvalue weighted by Crippen LogP contribution is 2.13. The monoisotopic (exact) mass is 271 g/mol. The highest BCUT2D eigenvalue weighted by molar-refractivity contribution is 5.92. The van der Waals surface area contributed by atoms with Crippen LogP contribution in [0.4, 0.5) is 5.82 Å². The second-order valence-corrected chi connectivity index (χ2v) is 4.85. The molecule has 6 heteroatoms. The van der Waals surface area contributed by atoms with Gasteiger partial charge in [0, 0.05) is 32.4 Å². The molecule has 0 saturated carbocycles. The number of nitrogens with one attached hydrogen (secondary N) is 1. The summed E-state index contributed by atoms with van der Waals surface area (Å²) in [6.45, 7) is 4.85. The molecule has 2 aromatic heterocycles. The molecule has 1 N–H and O–H groups in total. The third-order valence-corrected chi connectivity index (χ3v) is 3.47. The van der Waals surface area contributed by atoms with Crippen LogP contribution in [0.1, 0.15) is 16.3 Å². The standard InChI is InChI=1S/C14H17N5O/c1-11-16-10-12(17-11)14(20)19-8-6-18(7-9-19)13-4-2-3-5-15-13/h2-5,10H,6-9H2,1H3,(H,16,17). The first-order chi connectivity index (χ1) is 9.74. The van der Waals surface area contributed by atoms with E-state index in [-0.39, 0.29) is 5.91 Å². The van der Waals surface area contributed by atoms with Gasteiger partial charge in [-0.05, 0) is 19.1 Å². The molecule has 1 aliphatic heterocycles. The summed E-state index contributed by atoms with van der Waals surface area (Å²) in [6.07, 6.45) is 3.39. The Morgan fingerprint density at radius 3 is 2.60 bits per heavy atom. The summed E-state index contributed by atoms with van der Waals surface area (Å²) in [5.41, 5.74) is 0.564. The molecule has 6 nitrogen and oxygen atoms in total. The Labute approximate surface area is 117 Å². The van der Waals surface area contributed by atoms with E-state index >= 15 is 0 Å².